The highest BCUT2D eigenvalue weighted by Crippen LogP contribution is 2.27. The Morgan fingerprint density at radius 1 is 1.37 bits per heavy atom. The van der Waals surface area contributed by atoms with Gasteiger partial charge in [0.2, 0.25) is 0 Å². The minimum atomic E-state index is -0.148. The molecule has 19 heavy (non-hydrogen) atoms. The first-order chi connectivity index (χ1) is 9.11. The number of furan rings is 1. The number of carbonyl (C=O) groups excluding carboxylic acids is 1. The summed E-state index contributed by atoms with van der Waals surface area (Å²) >= 11 is 6.12. The summed E-state index contributed by atoms with van der Waals surface area (Å²) in [5.74, 6) is 0.659. The Hall–Kier alpha value is -1.94. The van der Waals surface area contributed by atoms with Crippen molar-refractivity contribution in [1.29, 1.82) is 0 Å². The summed E-state index contributed by atoms with van der Waals surface area (Å²) in [4.78, 5) is 11.6. The van der Waals surface area contributed by atoms with Crippen LogP contribution >= 0.6 is 11.6 Å². The van der Waals surface area contributed by atoms with Crippen LogP contribution in [0.4, 0.5) is 5.69 Å². The van der Waals surface area contributed by atoms with Crippen molar-refractivity contribution in [3.05, 3.63) is 52.9 Å². The summed E-state index contributed by atoms with van der Waals surface area (Å²) in [6.45, 7) is 1.96. The number of nitrogens with one attached hydrogen (secondary N) is 2. The third-order valence-corrected chi connectivity index (χ3v) is 3.13. The molecule has 0 aliphatic carbocycles. The fraction of sp³-hybridized carbons (Fsp3) is 0.214. The lowest BCUT2D eigenvalue weighted by Crippen LogP contribution is -2.18. The zero-order valence-corrected chi connectivity index (χ0v) is 11.5. The maximum atomic E-state index is 11.6. The average Bonchev–Trinajstić information content (AvgIpc) is 2.94. The second-order valence-corrected chi connectivity index (χ2v) is 4.56. The van der Waals surface area contributed by atoms with Gasteiger partial charge in [0.15, 0.2) is 0 Å². The van der Waals surface area contributed by atoms with E-state index in [0.29, 0.717) is 16.3 Å². The molecule has 0 saturated heterocycles. The summed E-state index contributed by atoms with van der Waals surface area (Å²) in [6, 6.07) is 8.78. The van der Waals surface area contributed by atoms with Gasteiger partial charge in [0.25, 0.3) is 5.91 Å². The Morgan fingerprint density at radius 2 is 2.16 bits per heavy atom. The number of carbonyl (C=O) groups is 1. The molecule has 1 unspecified atom stereocenters. The lowest BCUT2D eigenvalue weighted by molar-refractivity contribution is 0.0963. The molecule has 1 atom stereocenters. The van der Waals surface area contributed by atoms with Crippen LogP contribution in [0.5, 0.6) is 0 Å². The molecule has 4 nitrogen and oxygen atoms in total. The summed E-state index contributed by atoms with van der Waals surface area (Å²) in [7, 11) is 1.59. The number of anilines is 1. The standard InChI is InChI=1S/C14H15ClN2O2/c1-9(13-4-3-7-19-13)17-12-8-10(14(18)16-2)5-6-11(12)15/h3-9,17H,1-2H3,(H,16,18). The lowest BCUT2D eigenvalue weighted by Gasteiger charge is -2.15. The topological polar surface area (TPSA) is 54.3 Å². The normalized spacial score (nSPS) is 11.9. The molecule has 1 heterocycles. The Labute approximate surface area is 116 Å². The van der Waals surface area contributed by atoms with E-state index in [1.807, 2.05) is 19.1 Å². The molecule has 1 aromatic heterocycles. The van der Waals surface area contributed by atoms with Crippen LogP contribution < -0.4 is 10.6 Å². The lowest BCUT2D eigenvalue weighted by atomic mass is 10.1. The zero-order chi connectivity index (χ0) is 13.8. The van der Waals surface area contributed by atoms with Crippen LogP contribution in [0.2, 0.25) is 5.02 Å². The Kier molecular flexibility index (Phi) is 4.12. The number of hydrogen-bond acceptors (Lipinski definition) is 3. The van der Waals surface area contributed by atoms with Crippen molar-refractivity contribution in [2.24, 2.45) is 0 Å². The molecule has 2 N–H and O–H groups in total. The molecule has 0 aliphatic rings. The number of benzene rings is 1. The Balaban J connectivity index is 2.22. The van der Waals surface area contributed by atoms with Gasteiger partial charge < -0.3 is 15.1 Å². The summed E-state index contributed by atoms with van der Waals surface area (Å²) in [5.41, 5.74) is 1.26. The smallest absolute Gasteiger partial charge is 0.251 e. The van der Waals surface area contributed by atoms with Gasteiger partial charge in [-0.1, -0.05) is 11.6 Å². The van der Waals surface area contributed by atoms with Crippen molar-refractivity contribution in [2.75, 3.05) is 12.4 Å². The van der Waals surface area contributed by atoms with Crippen LogP contribution in [0.1, 0.15) is 29.1 Å². The average molecular weight is 279 g/mol. The van der Waals surface area contributed by atoms with E-state index < -0.39 is 0 Å². The number of halogens is 1. The number of amides is 1. The second kappa shape index (κ2) is 5.80. The van der Waals surface area contributed by atoms with E-state index in [9.17, 15) is 4.79 Å². The summed E-state index contributed by atoms with van der Waals surface area (Å²) in [6.07, 6.45) is 1.62. The first-order valence-corrected chi connectivity index (χ1v) is 6.31. The Morgan fingerprint density at radius 3 is 2.79 bits per heavy atom. The number of hydrogen-bond donors (Lipinski definition) is 2. The highest BCUT2D eigenvalue weighted by atomic mass is 35.5. The van der Waals surface area contributed by atoms with Crippen LogP contribution in [-0.4, -0.2) is 13.0 Å². The molecule has 5 heteroatoms. The fourth-order valence-electron chi connectivity index (χ4n) is 1.76. The van der Waals surface area contributed by atoms with Crippen molar-refractivity contribution in [3.63, 3.8) is 0 Å². The summed E-state index contributed by atoms with van der Waals surface area (Å²) < 4.78 is 5.32. The second-order valence-electron chi connectivity index (χ2n) is 4.16. The van der Waals surface area contributed by atoms with Crippen LogP contribution in [0, 0.1) is 0 Å². The zero-order valence-electron chi connectivity index (χ0n) is 10.7. The minimum absolute atomic E-state index is 0.0348. The van der Waals surface area contributed by atoms with E-state index in [1.165, 1.54) is 0 Å². The first kappa shape index (κ1) is 13.5. The highest BCUT2D eigenvalue weighted by Gasteiger charge is 2.12. The van der Waals surface area contributed by atoms with Crippen molar-refractivity contribution in [2.45, 2.75) is 13.0 Å². The molecule has 0 fully saturated rings. The Bertz CT molecular complexity index is 567. The summed E-state index contributed by atoms with van der Waals surface area (Å²) in [5, 5.41) is 6.37. The predicted molar refractivity (Wildman–Crippen MR) is 75.6 cm³/mol. The van der Waals surface area contributed by atoms with Gasteiger partial charge >= 0.3 is 0 Å². The van der Waals surface area contributed by atoms with Gasteiger partial charge in [-0.3, -0.25) is 4.79 Å². The molecule has 0 spiro atoms. The molecular weight excluding hydrogens is 264 g/mol. The maximum Gasteiger partial charge on any atom is 0.251 e. The monoisotopic (exact) mass is 278 g/mol. The molecule has 0 bridgehead atoms. The van der Waals surface area contributed by atoms with Gasteiger partial charge in [-0.05, 0) is 37.3 Å². The largest absolute Gasteiger partial charge is 0.467 e. The van der Waals surface area contributed by atoms with Crippen LogP contribution in [-0.2, 0) is 0 Å². The van der Waals surface area contributed by atoms with E-state index in [2.05, 4.69) is 10.6 Å². The van der Waals surface area contributed by atoms with E-state index in [4.69, 9.17) is 16.0 Å². The molecule has 0 radical (unpaired) electrons. The molecule has 100 valence electrons. The van der Waals surface area contributed by atoms with Gasteiger partial charge in [0.05, 0.1) is 23.0 Å². The molecule has 2 rings (SSSR count). The van der Waals surface area contributed by atoms with Crippen molar-refractivity contribution in [3.8, 4) is 0 Å². The van der Waals surface area contributed by atoms with E-state index in [-0.39, 0.29) is 11.9 Å². The molecule has 1 amide bonds. The maximum absolute atomic E-state index is 11.6. The van der Waals surface area contributed by atoms with E-state index in [1.54, 1.807) is 31.5 Å². The van der Waals surface area contributed by atoms with Crippen LogP contribution in [0.25, 0.3) is 0 Å². The van der Waals surface area contributed by atoms with Gasteiger partial charge in [-0.25, -0.2) is 0 Å². The van der Waals surface area contributed by atoms with Crippen molar-refractivity contribution < 1.29 is 9.21 Å². The quantitative estimate of drug-likeness (QED) is 0.900. The van der Waals surface area contributed by atoms with E-state index in [0.717, 1.165) is 5.76 Å². The fourth-order valence-corrected chi connectivity index (χ4v) is 1.94. The minimum Gasteiger partial charge on any atom is -0.467 e. The van der Waals surface area contributed by atoms with Crippen LogP contribution in [0.15, 0.2) is 41.0 Å². The van der Waals surface area contributed by atoms with Crippen LogP contribution in [0.3, 0.4) is 0 Å². The molecule has 1 aromatic carbocycles. The third-order valence-electron chi connectivity index (χ3n) is 2.80. The van der Waals surface area contributed by atoms with E-state index >= 15 is 0 Å². The van der Waals surface area contributed by atoms with Gasteiger partial charge in [-0.2, -0.15) is 0 Å². The van der Waals surface area contributed by atoms with Gasteiger partial charge in [0.1, 0.15) is 5.76 Å². The predicted octanol–water partition coefficient (Wildman–Crippen LogP) is 3.47. The van der Waals surface area contributed by atoms with Gasteiger partial charge in [0, 0.05) is 12.6 Å². The third kappa shape index (κ3) is 3.09. The van der Waals surface area contributed by atoms with Crippen molar-refractivity contribution >= 4 is 23.2 Å². The van der Waals surface area contributed by atoms with Gasteiger partial charge in [-0.15, -0.1) is 0 Å². The number of rotatable bonds is 4. The first-order valence-electron chi connectivity index (χ1n) is 5.93. The molecule has 2 aromatic rings. The highest BCUT2D eigenvalue weighted by molar-refractivity contribution is 6.33. The molecule has 0 aliphatic heterocycles. The molecule has 0 saturated carbocycles. The SMILES string of the molecule is CNC(=O)c1ccc(Cl)c(NC(C)c2ccco2)c1. The molecular formula is C14H15ClN2O2. The van der Waals surface area contributed by atoms with Crippen molar-refractivity contribution in [1.82, 2.24) is 5.32 Å².